The lowest BCUT2D eigenvalue weighted by Gasteiger charge is -2.18. The Kier molecular flexibility index (Phi) is 4.81. The van der Waals surface area contributed by atoms with Crippen molar-refractivity contribution in [1.82, 2.24) is 4.72 Å². The maximum Gasteiger partial charge on any atom is 0.257 e. The van der Waals surface area contributed by atoms with E-state index < -0.39 is 11.0 Å². The predicted molar refractivity (Wildman–Crippen MR) is 112 cm³/mol. The summed E-state index contributed by atoms with van der Waals surface area (Å²) >= 11 is 0. The molecule has 3 aliphatic rings. The molecule has 29 heavy (non-hydrogen) atoms. The first-order chi connectivity index (χ1) is 14.2. The van der Waals surface area contributed by atoms with Crippen molar-refractivity contribution in [1.29, 1.82) is 0 Å². The second-order valence-electron chi connectivity index (χ2n) is 7.34. The summed E-state index contributed by atoms with van der Waals surface area (Å²) in [5, 5.41) is 0. The number of carbonyl (C=O) groups is 1. The fraction of sp³-hybridized carbons (Fsp3) is 0.261. The number of hydrogen-bond donors (Lipinski definition) is 1. The zero-order valence-electron chi connectivity index (χ0n) is 15.9. The van der Waals surface area contributed by atoms with E-state index in [9.17, 15) is 9.00 Å². The molecule has 2 heterocycles. The fourth-order valence-electron chi connectivity index (χ4n) is 4.21. The molecule has 0 saturated carbocycles. The molecule has 0 radical (unpaired) electrons. The molecule has 1 N–H and O–H groups in total. The Morgan fingerprint density at radius 2 is 1.97 bits per heavy atom. The van der Waals surface area contributed by atoms with E-state index in [-0.39, 0.29) is 12.0 Å². The number of hydrogen-bond acceptors (Lipinski definition) is 4. The molecule has 2 aromatic carbocycles. The van der Waals surface area contributed by atoms with Crippen molar-refractivity contribution in [3.8, 4) is 5.75 Å². The molecule has 1 aliphatic carbocycles. The van der Waals surface area contributed by atoms with Crippen LogP contribution in [-0.2, 0) is 26.9 Å². The van der Waals surface area contributed by atoms with Gasteiger partial charge in [0.1, 0.15) is 11.9 Å². The third-order valence-electron chi connectivity index (χ3n) is 5.60. The number of nitrogens with one attached hydrogen (secondary N) is 1. The third kappa shape index (κ3) is 3.54. The van der Waals surface area contributed by atoms with Gasteiger partial charge in [-0.15, -0.1) is 0 Å². The second-order valence-corrected chi connectivity index (χ2v) is 8.52. The van der Waals surface area contributed by atoms with E-state index in [0.717, 1.165) is 37.2 Å². The number of ether oxygens (including phenoxy) is 2. The first kappa shape index (κ1) is 18.3. The summed E-state index contributed by atoms with van der Waals surface area (Å²) in [4.78, 5) is 11.9. The SMILES string of the molecule is O=C1C=C(c2ccc(OC3CCc4c(C5=CCOCC5)cccc43)cc2)S(=O)N1. The van der Waals surface area contributed by atoms with Crippen LogP contribution in [0.3, 0.4) is 0 Å². The highest BCUT2D eigenvalue weighted by molar-refractivity contribution is 7.93. The molecule has 1 amide bonds. The molecule has 2 aromatic rings. The molecule has 0 bridgehead atoms. The van der Waals surface area contributed by atoms with Gasteiger partial charge in [0.2, 0.25) is 0 Å². The van der Waals surface area contributed by atoms with Crippen LogP contribution in [0.1, 0.15) is 41.2 Å². The van der Waals surface area contributed by atoms with Gasteiger partial charge < -0.3 is 9.47 Å². The van der Waals surface area contributed by atoms with Gasteiger partial charge in [-0.1, -0.05) is 36.4 Å². The Balaban J connectivity index is 1.36. The second kappa shape index (κ2) is 7.61. The minimum atomic E-state index is -1.48. The molecule has 2 aliphatic heterocycles. The van der Waals surface area contributed by atoms with Gasteiger partial charge in [-0.2, -0.15) is 0 Å². The van der Waals surface area contributed by atoms with E-state index in [1.807, 2.05) is 24.3 Å². The highest BCUT2D eigenvalue weighted by Crippen LogP contribution is 2.39. The number of carbonyl (C=O) groups excluding carboxylic acids is 1. The molecule has 5 nitrogen and oxygen atoms in total. The van der Waals surface area contributed by atoms with Gasteiger partial charge in [-0.25, -0.2) is 4.21 Å². The zero-order valence-corrected chi connectivity index (χ0v) is 16.7. The van der Waals surface area contributed by atoms with Crippen molar-refractivity contribution in [3.05, 3.63) is 76.9 Å². The lowest BCUT2D eigenvalue weighted by atomic mass is 9.94. The average molecular weight is 407 g/mol. The maximum absolute atomic E-state index is 11.9. The van der Waals surface area contributed by atoms with Crippen LogP contribution < -0.4 is 9.46 Å². The summed E-state index contributed by atoms with van der Waals surface area (Å²) in [6, 6.07) is 13.9. The molecule has 5 rings (SSSR count). The van der Waals surface area contributed by atoms with Crippen molar-refractivity contribution in [2.24, 2.45) is 0 Å². The van der Waals surface area contributed by atoms with E-state index in [0.29, 0.717) is 11.5 Å². The molecule has 0 spiro atoms. The summed E-state index contributed by atoms with van der Waals surface area (Å²) in [6.07, 6.45) is 6.51. The molecule has 2 atom stereocenters. The van der Waals surface area contributed by atoms with Crippen molar-refractivity contribution >= 4 is 27.4 Å². The molecule has 148 valence electrons. The van der Waals surface area contributed by atoms with Crippen molar-refractivity contribution in [2.75, 3.05) is 13.2 Å². The van der Waals surface area contributed by atoms with Crippen LogP contribution in [0.4, 0.5) is 0 Å². The van der Waals surface area contributed by atoms with Crippen LogP contribution in [-0.4, -0.2) is 23.3 Å². The normalized spacial score (nSPS) is 23.2. The molecule has 2 unspecified atom stereocenters. The largest absolute Gasteiger partial charge is 0.486 e. The topological polar surface area (TPSA) is 64.6 Å². The first-order valence-corrected chi connectivity index (χ1v) is 10.9. The fourth-order valence-corrected chi connectivity index (χ4v) is 5.13. The molecular weight excluding hydrogens is 386 g/mol. The summed E-state index contributed by atoms with van der Waals surface area (Å²) < 4.78 is 26.0. The summed E-state index contributed by atoms with van der Waals surface area (Å²) in [7, 11) is -1.48. The Morgan fingerprint density at radius 1 is 1.10 bits per heavy atom. The van der Waals surface area contributed by atoms with Crippen molar-refractivity contribution in [2.45, 2.75) is 25.4 Å². The summed E-state index contributed by atoms with van der Waals surface area (Å²) in [5.41, 5.74) is 6.11. The summed E-state index contributed by atoms with van der Waals surface area (Å²) in [6.45, 7) is 1.47. The first-order valence-electron chi connectivity index (χ1n) is 9.79. The lowest BCUT2D eigenvalue weighted by Crippen LogP contribution is -2.16. The number of benzene rings is 2. The third-order valence-corrected chi connectivity index (χ3v) is 6.74. The minimum Gasteiger partial charge on any atom is -0.486 e. The zero-order chi connectivity index (χ0) is 19.8. The number of fused-ring (bicyclic) bond motifs is 1. The van der Waals surface area contributed by atoms with Gasteiger partial charge in [0, 0.05) is 6.08 Å². The van der Waals surface area contributed by atoms with E-state index in [4.69, 9.17) is 9.47 Å². The highest BCUT2D eigenvalue weighted by atomic mass is 32.2. The molecule has 0 fully saturated rings. The number of amides is 1. The minimum absolute atomic E-state index is 0.0271. The monoisotopic (exact) mass is 407 g/mol. The molecule has 0 saturated heterocycles. The van der Waals surface area contributed by atoms with Gasteiger partial charge in [0.15, 0.2) is 11.0 Å². The van der Waals surface area contributed by atoms with Gasteiger partial charge in [-0.3, -0.25) is 9.52 Å². The number of rotatable bonds is 4. The molecular formula is C23H21NO4S. The molecule has 6 heteroatoms. The standard InChI is InChI=1S/C23H21NO4S/c25-23-14-22(29(26)24-23)16-4-6-17(7-5-16)28-21-9-8-19-18(2-1-3-20(19)21)15-10-12-27-13-11-15/h1-7,10,14,21H,8-9,11-13H2,(H,24,25). The van der Waals surface area contributed by atoms with Crippen molar-refractivity contribution in [3.63, 3.8) is 0 Å². The average Bonchev–Trinajstić information content (AvgIpc) is 3.31. The van der Waals surface area contributed by atoms with Gasteiger partial charge in [0.05, 0.1) is 18.1 Å². The van der Waals surface area contributed by atoms with E-state index in [1.54, 1.807) is 0 Å². The van der Waals surface area contributed by atoms with Gasteiger partial charge in [-0.05, 0) is 59.2 Å². The Labute approximate surface area is 172 Å². The predicted octanol–water partition coefficient (Wildman–Crippen LogP) is 3.69. The van der Waals surface area contributed by atoms with Crippen molar-refractivity contribution < 1.29 is 18.5 Å². The Hall–Kier alpha value is -2.70. The van der Waals surface area contributed by atoms with Crippen LogP contribution in [0, 0.1) is 0 Å². The lowest BCUT2D eigenvalue weighted by molar-refractivity contribution is -0.114. The summed E-state index contributed by atoms with van der Waals surface area (Å²) in [5.74, 6) is 0.447. The van der Waals surface area contributed by atoms with Crippen LogP contribution in [0.15, 0.2) is 54.6 Å². The maximum atomic E-state index is 11.9. The highest BCUT2D eigenvalue weighted by Gasteiger charge is 2.27. The van der Waals surface area contributed by atoms with Gasteiger partial charge >= 0.3 is 0 Å². The van der Waals surface area contributed by atoms with Crippen LogP contribution in [0.2, 0.25) is 0 Å². The van der Waals surface area contributed by atoms with E-state index in [2.05, 4.69) is 29.0 Å². The Morgan fingerprint density at radius 3 is 2.69 bits per heavy atom. The van der Waals surface area contributed by atoms with E-state index in [1.165, 1.54) is 28.3 Å². The van der Waals surface area contributed by atoms with Crippen LogP contribution >= 0.6 is 0 Å². The molecule has 0 aromatic heterocycles. The Bertz CT molecular complexity index is 1060. The van der Waals surface area contributed by atoms with Crippen LogP contribution in [0.25, 0.3) is 10.5 Å². The van der Waals surface area contributed by atoms with E-state index >= 15 is 0 Å². The smallest absolute Gasteiger partial charge is 0.257 e. The van der Waals surface area contributed by atoms with Gasteiger partial charge in [0.25, 0.3) is 5.91 Å². The van der Waals surface area contributed by atoms with Crippen LogP contribution in [0.5, 0.6) is 5.75 Å². The quantitative estimate of drug-likeness (QED) is 0.840.